The summed E-state index contributed by atoms with van der Waals surface area (Å²) in [6, 6.07) is 0.348. The lowest BCUT2D eigenvalue weighted by Gasteiger charge is -2.31. The molecule has 0 bridgehead atoms. The molecule has 0 aromatic rings. The van der Waals surface area contributed by atoms with Crippen molar-refractivity contribution in [2.75, 3.05) is 19.6 Å². The number of likely N-dealkylation sites (tertiary alicyclic amines) is 1. The molecular formula is C13H21N3O2. The van der Waals surface area contributed by atoms with Gasteiger partial charge in [0.25, 0.3) is 5.91 Å². The van der Waals surface area contributed by atoms with Gasteiger partial charge in [-0.15, -0.1) is 0 Å². The summed E-state index contributed by atoms with van der Waals surface area (Å²) in [5, 5.41) is 7.41. The van der Waals surface area contributed by atoms with Crippen LogP contribution < -0.4 is 5.32 Å². The van der Waals surface area contributed by atoms with Crippen LogP contribution in [-0.4, -0.2) is 47.8 Å². The summed E-state index contributed by atoms with van der Waals surface area (Å²) in [5.41, 5.74) is 0.374. The van der Waals surface area contributed by atoms with E-state index in [0.29, 0.717) is 18.2 Å². The maximum atomic E-state index is 12.4. The Balaban J connectivity index is 1.66. The molecule has 0 saturated carbocycles. The number of hydrogen-bond donors (Lipinski definition) is 1. The lowest BCUT2D eigenvalue weighted by molar-refractivity contribution is -0.124. The molecule has 0 aromatic heterocycles. The molecule has 0 aromatic carbocycles. The van der Waals surface area contributed by atoms with E-state index in [9.17, 15) is 4.79 Å². The fraction of sp³-hybridized carbons (Fsp3) is 0.846. The van der Waals surface area contributed by atoms with Gasteiger partial charge in [-0.1, -0.05) is 5.16 Å². The molecular weight excluding hydrogens is 230 g/mol. The van der Waals surface area contributed by atoms with Crippen LogP contribution >= 0.6 is 0 Å². The number of nitrogens with zero attached hydrogens (tertiary/aromatic N) is 2. The van der Waals surface area contributed by atoms with Crippen LogP contribution in [0.15, 0.2) is 5.16 Å². The van der Waals surface area contributed by atoms with Crippen LogP contribution in [0, 0.1) is 0 Å². The Morgan fingerprint density at radius 3 is 3.11 bits per heavy atom. The summed E-state index contributed by atoms with van der Waals surface area (Å²) in [6.45, 7) is 4.82. The summed E-state index contributed by atoms with van der Waals surface area (Å²) in [5.74, 6) is 0.0856. The molecule has 2 saturated heterocycles. The van der Waals surface area contributed by atoms with Crippen molar-refractivity contribution in [1.82, 2.24) is 10.2 Å². The molecule has 5 heteroatoms. The van der Waals surface area contributed by atoms with Gasteiger partial charge in [-0.05, 0) is 39.2 Å². The number of carbonyl (C=O) groups is 1. The van der Waals surface area contributed by atoms with Gasteiger partial charge >= 0.3 is 0 Å². The van der Waals surface area contributed by atoms with Crippen molar-refractivity contribution in [1.29, 1.82) is 0 Å². The highest BCUT2D eigenvalue weighted by Gasteiger charge is 2.43. The van der Waals surface area contributed by atoms with Gasteiger partial charge in [0, 0.05) is 25.6 Å². The molecule has 100 valence electrons. The van der Waals surface area contributed by atoms with Gasteiger partial charge in [-0.25, -0.2) is 0 Å². The second-order valence-electron chi connectivity index (χ2n) is 5.76. The summed E-state index contributed by atoms with van der Waals surface area (Å²) in [4.78, 5) is 19.9. The van der Waals surface area contributed by atoms with Crippen LogP contribution in [0.4, 0.5) is 0 Å². The van der Waals surface area contributed by atoms with Crippen LogP contribution in [0.5, 0.6) is 0 Å². The van der Waals surface area contributed by atoms with Crippen LogP contribution in [0.1, 0.15) is 39.0 Å². The first-order valence-corrected chi connectivity index (χ1v) is 6.97. The number of amides is 1. The van der Waals surface area contributed by atoms with Crippen molar-refractivity contribution in [3.8, 4) is 0 Å². The fourth-order valence-electron chi connectivity index (χ4n) is 3.21. The van der Waals surface area contributed by atoms with Crippen molar-refractivity contribution >= 4 is 11.6 Å². The summed E-state index contributed by atoms with van der Waals surface area (Å²) >= 11 is 0. The normalized spacial score (nSPS) is 35.7. The van der Waals surface area contributed by atoms with E-state index in [1.54, 1.807) is 0 Å². The van der Waals surface area contributed by atoms with E-state index in [-0.39, 0.29) is 11.5 Å². The lowest BCUT2D eigenvalue weighted by Crippen LogP contribution is -2.47. The quantitative estimate of drug-likeness (QED) is 0.753. The van der Waals surface area contributed by atoms with E-state index in [1.165, 1.54) is 0 Å². The van der Waals surface area contributed by atoms with Crippen molar-refractivity contribution in [2.45, 2.75) is 50.7 Å². The highest BCUT2D eigenvalue weighted by Crippen LogP contribution is 2.31. The Morgan fingerprint density at radius 2 is 2.44 bits per heavy atom. The maximum Gasteiger partial charge on any atom is 0.272 e. The standard InChI is InChI=1S/C13H21N3O2/c1-10-4-2-7-16(10)12(17)11-8-13(18-15-11)5-3-6-14-9-13/h10,14H,2-9H2,1H3/t10-,13-/m1/s1. The number of carbonyl (C=O) groups excluding carboxylic acids is 1. The van der Waals surface area contributed by atoms with E-state index in [0.717, 1.165) is 45.3 Å². The van der Waals surface area contributed by atoms with Crippen molar-refractivity contribution in [3.63, 3.8) is 0 Å². The highest BCUT2D eigenvalue weighted by atomic mass is 16.7. The van der Waals surface area contributed by atoms with Crippen LogP contribution in [0.2, 0.25) is 0 Å². The van der Waals surface area contributed by atoms with Crippen molar-refractivity contribution in [3.05, 3.63) is 0 Å². The molecule has 3 aliphatic heterocycles. The average Bonchev–Trinajstić information content (AvgIpc) is 2.97. The van der Waals surface area contributed by atoms with E-state index in [1.807, 2.05) is 4.90 Å². The summed E-state index contributed by atoms with van der Waals surface area (Å²) in [6.07, 6.45) is 4.97. The number of rotatable bonds is 1. The van der Waals surface area contributed by atoms with Gasteiger partial charge in [0.2, 0.25) is 0 Å². The Kier molecular flexibility index (Phi) is 3.01. The Hall–Kier alpha value is -1.10. The third-order valence-corrected chi connectivity index (χ3v) is 4.33. The van der Waals surface area contributed by atoms with Gasteiger partial charge in [-0.3, -0.25) is 4.79 Å². The van der Waals surface area contributed by atoms with Crippen LogP contribution in [0.3, 0.4) is 0 Å². The molecule has 1 N–H and O–H groups in total. The zero-order valence-electron chi connectivity index (χ0n) is 10.9. The number of piperidine rings is 1. The largest absolute Gasteiger partial charge is 0.387 e. The third-order valence-electron chi connectivity index (χ3n) is 4.33. The number of nitrogens with one attached hydrogen (secondary N) is 1. The molecule has 3 rings (SSSR count). The lowest BCUT2D eigenvalue weighted by atomic mass is 9.89. The number of hydrogen-bond acceptors (Lipinski definition) is 4. The second-order valence-corrected chi connectivity index (χ2v) is 5.76. The molecule has 2 fully saturated rings. The van der Waals surface area contributed by atoms with Crippen molar-refractivity contribution < 1.29 is 9.63 Å². The van der Waals surface area contributed by atoms with Gasteiger partial charge in [0.1, 0.15) is 5.71 Å². The predicted molar refractivity (Wildman–Crippen MR) is 68.4 cm³/mol. The summed E-state index contributed by atoms with van der Waals surface area (Å²) in [7, 11) is 0. The molecule has 5 nitrogen and oxygen atoms in total. The van der Waals surface area contributed by atoms with Gasteiger partial charge in [0.15, 0.2) is 5.60 Å². The minimum Gasteiger partial charge on any atom is -0.387 e. The van der Waals surface area contributed by atoms with E-state index >= 15 is 0 Å². The van der Waals surface area contributed by atoms with E-state index < -0.39 is 0 Å². The van der Waals surface area contributed by atoms with Crippen LogP contribution in [-0.2, 0) is 9.63 Å². The molecule has 0 aliphatic carbocycles. The molecule has 3 aliphatic rings. The number of oxime groups is 1. The van der Waals surface area contributed by atoms with Gasteiger partial charge in [-0.2, -0.15) is 0 Å². The zero-order valence-corrected chi connectivity index (χ0v) is 10.9. The van der Waals surface area contributed by atoms with Crippen molar-refractivity contribution in [2.24, 2.45) is 5.16 Å². The van der Waals surface area contributed by atoms with Crippen LogP contribution in [0.25, 0.3) is 0 Å². The fourth-order valence-corrected chi connectivity index (χ4v) is 3.21. The minimum atomic E-state index is -0.244. The molecule has 0 radical (unpaired) electrons. The Bertz CT molecular complexity index is 374. The molecule has 2 atom stereocenters. The van der Waals surface area contributed by atoms with E-state index in [2.05, 4.69) is 17.4 Å². The van der Waals surface area contributed by atoms with E-state index in [4.69, 9.17) is 4.84 Å². The first kappa shape index (κ1) is 12.0. The maximum absolute atomic E-state index is 12.4. The molecule has 18 heavy (non-hydrogen) atoms. The van der Waals surface area contributed by atoms with Gasteiger partial charge < -0.3 is 15.1 Å². The summed E-state index contributed by atoms with van der Waals surface area (Å²) < 4.78 is 0. The Morgan fingerprint density at radius 1 is 1.56 bits per heavy atom. The second kappa shape index (κ2) is 4.53. The topological polar surface area (TPSA) is 53.9 Å². The molecule has 1 amide bonds. The smallest absolute Gasteiger partial charge is 0.272 e. The minimum absolute atomic E-state index is 0.0856. The first-order valence-electron chi connectivity index (χ1n) is 6.97. The molecule has 3 heterocycles. The SMILES string of the molecule is C[C@@H]1CCCN1C(=O)C1=NO[C@]2(CCCNC2)C1. The Labute approximate surface area is 108 Å². The van der Waals surface area contributed by atoms with Gasteiger partial charge in [0.05, 0.1) is 0 Å². The molecule has 1 spiro atoms. The highest BCUT2D eigenvalue weighted by molar-refractivity contribution is 6.39. The molecule has 0 unspecified atom stereocenters. The average molecular weight is 251 g/mol. The zero-order chi connectivity index (χ0) is 12.6. The first-order chi connectivity index (χ1) is 8.70. The monoisotopic (exact) mass is 251 g/mol. The predicted octanol–water partition coefficient (Wildman–Crippen LogP) is 0.896. The third kappa shape index (κ3) is 2.00.